The van der Waals surface area contributed by atoms with Gasteiger partial charge in [0.25, 0.3) is 5.91 Å². The number of carbonyl (C=O) groups is 1. The molecule has 1 amide bonds. The van der Waals surface area contributed by atoms with E-state index < -0.39 is 0 Å². The zero-order valence-electron chi connectivity index (χ0n) is 15.9. The van der Waals surface area contributed by atoms with Gasteiger partial charge in [0.2, 0.25) is 6.79 Å². The van der Waals surface area contributed by atoms with Crippen LogP contribution in [0.5, 0.6) is 11.5 Å². The first-order valence-electron chi connectivity index (χ1n) is 9.53. The molecule has 0 radical (unpaired) electrons. The number of amides is 1. The molecule has 3 aromatic rings. The average molecular weight is 373 g/mol. The van der Waals surface area contributed by atoms with Gasteiger partial charge in [0.15, 0.2) is 11.5 Å². The lowest BCUT2D eigenvalue weighted by Gasteiger charge is -2.16. The number of benzene rings is 3. The third-order valence-electron chi connectivity index (χ3n) is 5.03. The molecule has 1 heterocycles. The Balaban J connectivity index is 1.46. The Kier molecular flexibility index (Phi) is 5.29. The van der Waals surface area contributed by atoms with Crippen LogP contribution in [-0.4, -0.2) is 12.7 Å². The first kappa shape index (κ1) is 18.1. The first-order valence-corrected chi connectivity index (χ1v) is 9.53. The minimum Gasteiger partial charge on any atom is -0.454 e. The molecule has 142 valence electrons. The summed E-state index contributed by atoms with van der Waals surface area (Å²) in [6.45, 7) is 2.22. The summed E-state index contributed by atoms with van der Waals surface area (Å²) in [6, 6.07) is 23.8. The van der Waals surface area contributed by atoms with E-state index in [1.165, 1.54) is 5.56 Å². The molecule has 1 aliphatic heterocycles. The first-order chi connectivity index (χ1) is 13.7. The number of rotatable bonds is 6. The van der Waals surface area contributed by atoms with Gasteiger partial charge in [-0.25, -0.2) is 0 Å². The van der Waals surface area contributed by atoms with Crippen molar-refractivity contribution in [1.82, 2.24) is 5.32 Å². The average Bonchev–Trinajstić information content (AvgIpc) is 3.21. The summed E-state index contributed by atoms with van der Waals surface area (Å²) >= 11 is 0. The van der Waals surface area contributed by atoms with Crippen molar-refractivity contribution in [3.63, 3.8) is 0 Å². The van der Waals surface area contributed by atoms with E-state index in [1.54, 1.807) is 0 Å². The topological polar surface area (TPSA) is 47.6 Å². The van der Waals surface area contributed by atoms with Gasteiger partial charge in [-0.05, 0) is 54.7 Å². The van der Waals surface area contributed by atoms with Crippen molar-refractivity contribution in [2.24, 2.45) is 0 Å². The minimum atomic E-state index is -0.135. The molecule has 0 aliphatic carbocycles. The van der Waals surface area contributed by atoms with Crippen LogP contribution in [0.3, 0.4) is 0 Å². The van der Waals surface area contributed by atoms with E-state index in [0.717, 1.165) is 41.0 Å². The highest BCUT2D eigenvalue weighted by Gasteiger charge is 2.18. The van der Waals surface area contributed by atoms with Crippen LogP contribution in [0.15, 0.2) is 72.8 Å². The van der Waals surface area contributed by atoms with Gasteiger partial charge in [-0.2, -0.15) is 0 Å². The molecule has 0 aromatic heterocycles. The van der Waals surface area contributed by atoms with Crippen LogP contribution in [0.2, 0.25) is 0 Å². The van der Waals surface area contributed by atoms with E-state index in [0.29, 0.717) is 0 Å². The number of hydrogen-bond donors (Lipinski definition) is 1. The Morgan fingerprint density at radius 2 is 1.68 bits per heavy atom. The molecule has 1 N–H and O–H groups in total. The maximum Gasteiger partial charge on any atom is 0.252 e. The Hall–Kier alpha value is -3.27. The van der Waals surface area contributed by atoms with Crippen molar-refractivity contribution in [3.8, 4) is 11.5 Å². The molecule has 4 heteroatoms. The van der Waals surface area contributed by atoms with Crippen molar-refractivity contribution in [2.45, 2.75) is 25.8 Å². The van der Waals surface area contributed by atoms with Crippen LogP contribution in [0.1, 0.15) is 40.0 Å². The fourth-order valence-electron chi connectivity index (χ4n) is 3.42. The zero-order chi connectivity index (χ0) is 19.3. The van der Waals surface area contributed by atoms with Crippen molar-refractivity contribution in [2.75, 3.05) is 6.79 Å². The molecule has 0 saturated carbocycles. The summed E-state index contributed by atoms with van der Waals surface area (Å²) in [5.41, 5.74) is 4.04. The largest absolute Gasteiger partial charge is 0.454 e. The van der Waals surface area contributed by atoms with Crippen molar-refractivity contribution < 1.29 is 14.3 Å². The molecule has 1 unspecified atom stereocenters. The molecule has 1 aliphatic rings. The van der Waals surface area contributed by atoms with Crippen LogP contribution in [0.4, 0.5) is 0 Å². The number of aryl methyl sites for hydroxylation is 2. The summed E-state index contributed by atoms with van der Waals surface area (Å²) in [5.74, 6) is 1.41. The molecule has 0 saturated heterocycles. The highest BCUT2D eigenvalue weighted by Crippen LogP contribution is 2.34. The number of ether oxygens (including phenoxy) is 2. The van der Waals surface area contributed by atoms with Gasteiger partial charge in [0.1, 0.15) is 0 Å². The number of nitrogens with one attached hydrogen (secondary N) is 1. The Bertz CT molecular complexity index is 969. The third-order valence-corrected chi connectivity index (χ3v) is 5.03. The van der Waals surface area contributed by atoms with Crippen molar-refractivity contribution >= 4 is 5.91 Å². The third kappa shape index (κ3) is 4.01. The van der Waals surface area contributed by atoms with Gasteiger partial charge in [-0.3, -0.25) is 4.79 Å². The molecule has 1 atom stereocenters. The normalized spacial score (nSPS) is 13.2. The van der Waals surface area contributed by atoms with Gasteiger partial charge in [-0.1, -0.05) is 54.6 Å². The van der Waals surface area contributed by atoms with E-state index >= 15 is 0 Å². The van der Waals surface area contributed by atoms with Gasteiger partial charge in [0, 0.05) is 5.56 Å². The van der Waals surface area contributed by atoms with E-state index in [4.69, 9.17) is 9.47 Å². The summed E-state index contributed by atoms with van der Waals surface area (Å²) in [6.07, 6.45) is 1.73. The smallest absolute Gasteiger partial charge is 0.252 e. The SMILES string of the molecule is CC(NC(=O)c1ccccc1CCc1ccccc1)c1ccc2c(c1)OCO2. The number of carbonyl (C=O) groups excluding carboxylic acids is 1. The highest BCUT2D eigenvalue weighted by atomic mass is 16.7. The van der Waals surface area contributed by atoms with Crippen LogP contribution >= 0.6 is 0 Å². The Morgan fingerprint density at radius 3 is 2.54 bits per heavy atom. The molecule has 4 rings (SSSR count). The summed E-state index contributed by atoms with van der Waals surface area (Å²) in [5, 5.41) is 3.11. The van der Waals surface area contributed by atoms with Gasteiger partial charge in [-0.15, -0.1) is 0 Å². The fourth-order valence-corrected chi connectivity index (χ4v) is 3.42. The summed E-state index contributed by atoms with van der Waals surface area (Å²) in [7, 11) is 0. The van der Waals surface area contributed by atoms with E-state index in [1.807, 2.05) is 67.6 Å². The lowest BCUT2D eigenvalue weighted by atomic mass is 9.99. The standard InChI is InChI=1S/C24H23NO3/c1-17(20-13-14-22-23(15-20)28-16-27-22)25-24(26)21-10-6-5-9-19(21)12-11-18-7-3-2-4-8-18/h2-10,13-15,17H,11-12,16H2,1H3,(H,25,26). The number of hydrogen-bond acceptors (Lipinski definition) is 3. The maximum atomic E-state index is 12.9. The van der Waals surface area contributed by atoms with Crippen LogP contribution in [0.25, 0.3) is 0 Å². The second kappa shape index (κ2) is 8.17. The summed E-state index contributed by atoms with van der Waals surface area (Å²) < 4.78 is 10.8. The molecular formula is C24H23NO3. The zero-order valence-corrected chi connectivity index (χ0v) is 15.9. The molecule has 0 fully saturated rings. The highest BCUT2D eigenvalue weighted by molar-refractivity contribution is 5.96. The molecule has 0 bridgehead atoms. The van der Waals surface area contributed by atoms with Gasteiger partial charge < -0.3 is 14.8 Å². The molecule has 3 aromatic carbocycles. The predicted molar refractivity (Wildman–Crippen MR) is 109 cm³/mol. The Labute approximate surface area is 165 Å². The van der Waals surface area contributed by atoms with E-state index in [2.05, 4.69) is 17.4 Å². The van der Waals surface area contributed by atoms with Crippen molar-refractivity contribution in [3.05, 3.63) is 95.1 Å². The lowest BCUT2D eigenvalue weighted by molar-refractivity contribution is 0.0939. The van der Waals surface area contributed by atoms with Crippen LogP contribution < -0.4 is 14.8 Å². The lowest BCUT2D eigenvalue weighted by Crippen LogP contribution is -2.27. The van der Waals surface area contributed by atoms with E-state index in [-0.39, 0.29) is 18.7 Å². The monoisotopic (exact) mass is 373 g/mol. The maximum absolute atomic E-state index is 12.9. The molecule has 28 heavy (non-hydrogen) atoms. The van der Waals surface area contributed by atoms with Crippen molar-refractivity contribution in [1.29, 1.82) is 0 Å². The van der Waals surface area contributed by atoms with Crippen LogP contribution in [-0.2, 0) is 12.8 Å². The van der Waals surface area contributed by atoms with E-state index in [9.17, 15) is 4.79 Å². The molecule has 0 spiro atoms. The van der Waals surface area contributed by atoms with Gasteiger partial charge >= 0.3 is 0 Å². The fraction of sp³-hybridized carbons (Fsp3) is 0.208. The molecular weight excluding hydrogens is 350 g/mol. The summed E-state index contributed by atoms with van der Waals surface area (Å²) in [4.78, 5) is 12.9. The second-order valence-corrected chi connectivity index (χ2v) is 6.95. The molecule has 4 nitrogen and oxygen atoms in total. The predicted octanol–water partition coefficient (Wildman–Crippen LogP) is 4.69. The van der Waals surface area contributed by atoms with Gasteiger partial charge in [0.05, 0.1) is 6.04 Å². The minimum absolute atomic E-state index is 0.0613. The second-order valence-electron chi connectivity index (χ2n) is 6.95. The van der Waals surface area contributed by atoms with Crippen LogP contribution in [0, 0.1) is 0 Å². The quantitative estimate of drug-likeness (QED) is 0.682. The number of fused-ring (bicyclic) bond motifs is 1. The Morgan fingerprint density at radius 1 is 0.929 bits per heavy atom.